The Morgan fingerprint density at radius 2 is 2.11 bits per heavy atom. The standard InChI is InChI=1S/C12H23N3O3S/c1-19(17,18)10-4-2-3-9(7-10)15-6-5-14-8-11(15)12(13)16/h9-11,14H,2-8H2,1H3,(H2,13,16). The summed E-state index contributed by atoms with van der Waals surface area (Å²) in [6, 6.07) is -0.148. The van der Waals surface area contributed by atoms with Crippen molar-refractivity contribution < 1.29 is 13.2 Å². The zero-order valence-corrected chi connectivity index (χ0v) is 12.2. The van der Waals surface area contributed by atoms with Gasteiger partial charge in [-0.3, -0.25) is 9.69 Å². The molecule has 1 aliphatic heterocycles. The fraction of sp³-hybridized carbons (Fsp3) is 0.917. The van der Waals surface area contributed by atoms with Gasteiger partial charge in [-0.1, -0.05) is 6.42 Å². The Balaban J connectivity index is 2.09. The summed E-state index contributed by atoms with van der Waals surface area (Å²) in [7, 11) is -2.99. The molecule has 3 atom stereocenters. The highest BCUT2D eigenvalue weighted by Crippen LogP contribution is 2.28. The van der Waals surface area contributed by atoms with Crippen molar-refractivity contribution in [3.05, 3.63) is 0 Å². The van der Waals surface area contributed by atoms with Crippen molar-refractivity contribution in [2.45, 2.75) is 43.0 Å². The number of primary amides is 1. The molecule has 0 radical (unpaired) electrons. The van der Waals surface area contributed by atoms with Gasteiger partial charge < -0.3 is 11.1 Å². The van der Waals surface area contributed by atoms with Gasteiger partial charge in [0.25, 0.3) is 0 Å². The maximum atomic E-state index is 11.7. The zero-order valence-electron chi connectivity index (χ0n) is 11.3. The summed E-state index contributed by atoms with van der Waals surface area (Å²) in [5, 5.41) is 2.90. The minimum Gasteiger partial charge on any atom is -0.368 e. The Kier molecular flexibility index (Phi) is 4.47. The molecule has 110 valence electrons. The van der Waals surface area contributed by atoms with Crippen LogP contribution in [0.2, 0.25) is 0 Å². The molecule has 1 amide bonds. The predicted molar refractivity (Wildman–Crippen MR) is 73.4 cm³/mol. The molecule has 0 bridgehead atoms. The quantitative estimate of drug-likeness (QED) is 0.702. The minimum atomic E-state index is -2.99. The van der Waals surface area contributed by atoms with E-state index in [-0.39, 0.29) is 23.2 Å². The number of nitrogens with two attached hydrogens (primary N) is 1. The number of rotatable bonds is 3. The second kappa shape index (κ2) is 5.76. The van der Waals surface area contributed by atoms with E-state index in [9.17, 15) is 13.2 Å². The van der Waals surface area contributed by atoms with Crippen molar-refractivity contribution in [2.75, 3.05) is 25.9 Å². The van der Waals surface area contributed by atoms with Crippen LogP contribution >= 0.6 is 0 Å². The van der Waals surface area contributed by atoms with E-state index in [0.717, 1.165) is 32.4 Å². The molecule has 1 saturated heterocycles. The first-order valence-corrected chi connectivity index (χ1v) is 8.79. The summed E-state index contributed by atoms with van der Waals surface area (Å²) in [5.41, 5.74) is 5.45. The predicted octanol–water partition coefficient (Wildman–Crippen LogP) is -0.899. The van der Waals surface area contributed by atoms with Gasteiger partial charge in [0.2, 0.25) is 5.91 Å². The molecule has 2 rings (SSSR count). The van der Waals surface area contributed by atoms with Crippen LogP contribution in [0.25, 0.3) is 0 Å². The number of amides is 1. The van der Waals surface area contributed by atoms with Crippen molar-refractivity contribution in [1.29, 1.82) is 0 Å². The first kappa shape index (κ1) is 14.7. The molecule has 0 aromatic rings. The van der Waals surface area contributed by atoms with E-state index >= 15 is 0 Å². The first-order chi connectivity index (χ1) is 8.89. The Hall–Kier alpha value is -0.660. The van der Waals surface area contributed by atoms with Crippen LogP contribution in [-0.4, -0.2) is 62.4 Å². The molecule has 0 aromatic carbocycles. The van der Waals surface area contributed by atoms with E-state index in [0.29, 0.717) is 13.0 Å². The molecule has 0 spiro atoms. The molecule has 7 heteroatoms. The number of nitrogens with one attached hydrogen (secondary N) is 1. The lowest BCUT2D eigenvalue weighted by Gasteiger charge is -2.43. The third-order valence-electron chi connectivity index (χ3n) is 4.29. The van der Waals surface area contributed by atoms with Crippen molar-refractivity contribution in [1.82, 2.24) is 10.2 Å². The smallest absolute Gasteiger partial charge is 0.236 e. The van der Waals surface area contributed by atoms with Crippen LogP contribution in [0.4, 0.5) is 0 Å². The average molecular weight is 289 g/mol. The fourth-order valence-electron chi connectivity index (χ4n) is 3.23. The lowest BCUT2D eigenvalue weighted by atomic mass is 9.92. The highest BCUT2D eigenvalue weighted by molar-refractivity contribution is 7.91. The van der Waals surface area contributed by atoms with Gasteiger partial charge in [0.15, 0.2) is 0 Å². The summed E-state index contributed by atoms with van der Waals surface area (Å²) in [5.74, 6) is -0.325. The third kappa shape index (κ3) is 3.46. The van der Waals surface area contributed by atoms with Crippen molar-refractivity contribution in [2.24, 2.45) is 5.73 Å². The lowest BCUT2D eigenvalue weighted by molar-refractivity contribution is -0.125. The normalized spacial score (nSPS) is 34.1. The molecule has 1 heterocycles. The van der Waals surface area contributed by atoms with Crippen LogP contribution in [0.3, 0.4) is 0 Å². The van der Waals surface area contributed by atoms with E-state index in [1.807, 2.05) is 0 Å². The van der Waals surface area contributed by atoms with Gasteiger partial charge in [-0.15, -0.1) is 0 Å². The minimum absolute atomic E-state index is 0.160. The molecule has 2 fully saturated rings. The highest BCUT2D eigenvalue weighted by atomic mass is 32.2. The zero-order chi connectivity index (χ0) is 14.0. The molecular formula is C12H23N3O3S. The van der Waals surface area contributed by atoms with Gasteiger partial charge in [0.05, 0.1) is 5.25 Å². The number of carbonyl (C=O) groups excluding carboxylic acids is 1. The van der Waals surface area contributed by atoms with E-state index in [2.05, 4.69) is 10.2 Å². The molecule has 0 aromatic heterocycles. The Bertz CT molecular complexity index is 438. The van der Waals surface area contributed by atoms with Gasteiger partial charge >= 0.3 is 0 Å². The Labute approximate surface area is 114 Å². The highest BCUT2D eigenvalue weighted by Gasteiger charge is 2.37. The van der Waals surface area contributed by atoms with Crippen LogP contribution in [-0.2, 0) is 14.6 Å². The van der Waals surface area contributed by atoms with Crippen LogP contribution < -0.4 is 11.1 Å². The first-order valence-electron chi connectivity index (χ1n) is 6.84. The molecule has 3 N–H and O–H groups in total. The van der Waals surface area contributed by atoms with E-state index < -0.39 is 9.84 Å². The molecule has 6 nitrogen and oxygen atoms in total. The average Bonchev–Trinajstić information content (AvgIpc) is 2.38. The lowest BCUT2D eigenvalue weighted by Crippen LogP contribution is -2.61. The fourth-order valence-corrected chi connectivity index (χ4v) is 4.40. The van der Waals surface area contributed by atoms with Gasteiger partial charge in [0, 0.05) is 31.9 Å². The molecule has 19 heavy (non-hydrogen) atoms. The number of hydrogen-bond donors (Lipinski definition) is 2. The van der Waals surface area contributed by atoms with Gasteiger partial charge in [-0.05, 0) is 19.3 Å². The maximum absolute atomic E-state index is 11.7. The van der Waals surface area contributed by atoms with E-state index in [1.54, 1.807) is 0 Å². The number of hydrogen-bond acceptors (Lipinski definition) is 5. The van der Waals surface area contributed by atoms with E-state index in [4.69, 9.17) is 5.73 Å². The second-order valence-electron chi connectivity index (χ2n) is 5.63. The van der Waals surface area contributed by atoms with E-state index in [1.165, 1.54) is 6.26 Å². The molecule has 1 saturated carbocycles. The second-order valence-corrected chi connectivity index (χ2v) is 7.96. The molecule has 1 aliphatic carbocycles. The van der Waals surface area contributed by atoms with Crippen LogP contribution in [0.1, 0.15) is 25.7 Å². The summed E-state index contributed by atoms with van der Waals surface area (Å²) in [6.45, 7) is 2.15. The van der Waals surface area contributed by atoms with Crippen molar-refractivity contribution >= 4 is 15.7 Å². The number of sulfone groups is 1. The van der Waals surface area contributed by atoms with Crippen LogP contribution in [0.15, 0.2) is 0 Å². The summed E-state index contributed by atoms with van der Waals surface area (Å²) in [4.78, 5) is 13.6. The maximum Gasteiger partial charge on any atom is 0.236 e. The molecular weight excluding hydrogens is 266 g/mol. The van der Waals surface area contributed by atoms with Gasteiger partial charge in [0.1, 0.15) is 15.9 Å². The Morgan fingerprint density at radius 3 is 2.74 bits per heavy atom. The summed E-state index contributed by atoms with van der Waals surface area (Å²) >= 11 is 0. The SMILES string of the molecule is CS(=O)(=O)C1CCCC(N2CCNCC2C(N)=O)C1. The molecule has 2 aliphatic rings. The monoisotopic (exact) mass is 289 g/mol. The Morgan fingerprint density at radius 1 is 1.37 bits per heavy atom. The van der Waals surface area contributed by atoms with Crippen LogP contribution in [0.5, 0.6) is 0 Å². The van der Waals surface area contributed by atoms with Gasteiger partial charge in [-0.2, -0.15) is 0 Å². The van der Waals surface area contributed by atoms with Crippen LogP contribution in [0, 0.1) is 0 Å². The number of nitrogens with zero attached hydrogens (tertiary/aromatic N) is 1. The summed E-state index contributed by atoms with van der Waals surface area (Å²) in [6.07, 6.45) is 4.53. The van der Waals surface area contributed by atoms with Crippen molar-refractivity contribution in [3.63, 3.8) is 0 Å². The topological polar surface area (TPSA) is 92.5 Å². The summed E-state index contributed by atoms with van der Waals surface area (Å²) < 4.78 is 23.4. The van der Waals surface area contributed by atoms with Crippen molar-refractivity contribution in [3.8, 4) is 0 Å². The third-order valence-corrected chi connectivity index (χ3v) is 5.93. The number of carbonyl (C=O) groups is 1. The molecule has 3 unspecified atom stereocenters. The largest absolute Gasteiger partial charge is 0.368 e. The van der Waals surface area contributed by atoms with Gasteiger partial charge in [-0.25, -0.2) is 8.42 Å². The number of piperazine rings is 1.